The molecule has 0 saturated carbocycles. The minimum Gasteiger partial charge on any atom is -0.477 e. The van der Waals surface area contributed by atoms with Crippen LogP contribution < -0.4 is 9.97 Å². The summed E-state index contributed by atoms with van der Waals surface area (Å²) in [5.74, 6) is -0.825. The Morgan fingerprint density at radius 2 is 1.68 bits per heavy atom. The highest BCUT2D eigenvalue weighted by molar-refractivity contribution is 7.68. The summed E-state index contributed by atoms with van der Waals surface area (Å²) in [6, 6.07) is 17.2. The number of hydrogen-bond acceptors (Lipinski definition) is 5. The fourth-order valence-corrected chi connectivity index (χ4v) is 7.36. The lowest BCUT2D eigenvalue weighted by Crippen LogP contribution is -2.34. The number of aromatic carboxylic acids is 1. The molecular weight excluding hydrogens is 469 g/mol. The van der Waals surface area contributed by atoms with Gasteiger partial charge in [0.25, 0.3) is 0 Å². The number of rotatable bonds is 8. The zero-order valence-corrected chi connectivity index (χ0v) is 21.4. The summed E-state index contributed by atoms with van der Waals surface area (Å²) in [6.07, 6.45) is 1.65. The van der Waals surface area contributed by atoms with Gasteiger partial charge in [-0.15, -0.1) is 11.3 Å². The molecule has 0 spiro atoms. The number of hydrogen-bond donors (Lipinski definition) is 1. The van der Waals surface area contributed by atoms with Crippen molar-refractivity contribution in [1.82, 2.24) is 0 Å². The van der Waals surface area contributed by atoms with E-state index in [9.17, 15) is 14.5 Å². The van der Waals surface area contributed by atoms with Crippen molar-refractivity contribution in [2.75, 3.05) is 31.5 Å². The predicted molar refractivity (Wildman–Crippen MR) is 138 cm³/mol. The van der Waals surface area contributed by atoms with E-state index in [2.05, 4.69) is 0 Å². The molecule has 1 unspecified atom stereocenters. The SMILES string of the molecule is COP(=O)(c1ccc(C)cc1)N(CC1CCOCC1)c1cc(-c2ccc(C)cc2)sc1C(=O)O. The topological polar surface area (TPSA) is 76.1 Å². The van der Waals surface area contributed by atoms with Crippen molar-refractivity contribution in [3.63, 3.8) is 0 Å². The quantitative estimate of drug-likeness (QED) is 0.376. The molecular formula is C26H30NO5PS. The maximum atomic E-state index is 14.5. The van der Waals surface area contributed by atoms with E-state index in [1.165, 1.54) is 18.4 Å². The van der Waals surface area contributed by atoms with Crippen LogP contribution in [0.15, 0.2) is 54.6 Å². The fraction of sp³-hybridized carbons (Fsp3) is 0.346. The van der Waals surface area contributed by atoms with Crippen LogP contribution in [0.3, 0.4) is 0 Å². The lowest BCUT2D eigenvalue weighted by molar-refractivity contribution is 0.0683. The van der Waals surface area contributed by atoms with Crippen molar-refractivity contribution in [2.24, 2.45) is 5.92 Å². The van der Waals surface area contributed by atoms with E-state index in [1.54, 1.807) is 4.67 Å². The predicted octanol–water partition coefficient (Wildman–Crippen LogP) is 6.13. The van der Waals surface area contributed by atoms with Gasteiger partial charge in [-0.1, -0.05) is 47.5 Å². The van der Waals surface area contributed by atoms with Crippen molar-refractivity contribution < 1.29 is 23.7 Å². The first-order valence-corrected chi connectivity index (χ1v) is 13.7. The van der Waals surface area contributed by atoms with Crippen molar-refractivity contribution in [3.8, 4) is 10.4 Å². The molecule has 0 amide bonds. The number of nitrogens with zero attached hydrogens (tertiary/aromatic N) is 1. The highest BCUT2D eigenvalue weighted by atomic mass is 32.1. The van der Waals surface area contributed by atoms with Gasteiger partial charge in [-0.25, -0.2) is 4.79 Å². The number of anilines is 1. The Labute approximate surface area is 204 Å². The van der Waals surface area contributed by atoms with Crippen LogP contribution in [0.25, 0.3) is 10.4 Å². The maximum Gasteiger partial charge on any atom is 0.348 e. The van der Waals surface area contributed by atoms with Gasteiger partial charge in [0.2, 0.25) is 0 Å². The van der Waals surface area contributed by atoms with Gasteiger partial charge in [-0.3, -0.25) is 9.24 Å². The third kappa shape index (κ3) is 5.13. The van der Waals surface area contributed by atoms with Crippen LogP contribution in [0, 0.1) is 19.8 Å². The second-order valence-electron chi connectivity index (χ2n) is 8.67. The van der Waals surface area contributed by atoms with Gasteiger partial charge < -0.3 is 14.4 Å². The monoisotopic (exact) mass is 499 g/mol. The Morgan fingerprint density at radius 1 is 1.09 bits per heavy atom. The summed E-state index contributed by atoms with van der Waals surface area (Å²) >= 11 is 1.20. The molecule has 0 radical (unpaired) electrons. The molecule has 1 saturated heterocycles. The second kappa shape index (κ2) is 10.4. The van der Waals surface area contributed by atoms with Gasteiger partial charge >= 0.3 is 13.5 Å². The molecule has 3 aromatic rings. The molecule has 8 heteroatoms. The van der Waals surface area contributed by atoms with E-state index >= 15 is 0 Å². The number of ether oxygens (including phenoxy) is 1. The van der Waals surface area contributed by atoms with Crippen molar-refractivity contribution in [1.29, 1.82) is 0 Å². The molecule has 4 rings (SSSR count). The third-order valence-electron chi connectivity index (χ3n) is 6.22. The zero-order chi connectivity index (χ0) is 24.3. The average molecular weight is 500 g/mol. The molecule has 180 valence electrons. The first kappa shape index (κ1) is 24.7. The van der Waals surface area contributed by atoms with E-state index < -0.39 is 13.5 Å². The molecule has 0 bridgehead atoms. The summed E-state index contributed by atoms with van der Waals surface area (Å²) in [5, 5.41) is 10.7. The summed E-state index contributed by atoms with van der Waals surface area (Å²) in [6.45, 7) is 5.69. The third-order valence-corrected chi connectivity index (χ3v) is 9.84. The highest BCUT2D eigenvalue weighted by Crippen LogP contribution is 2.55. The van der Waals surface area contributed by atoms with Gasteiger partial charge in [0.1, 0.15) is 4.88 Å². The minimum atomic E-state index is -3.59. The number of aryl methyl sites for hydroxylation is 2. The van der Waals surface area contributed by atoms with E-state index in [4.69, 9.17) is 9.26 Å². The smallest absolute Gasteiger partial charge is 0.348 e. The van der Waals surface area contributed by atoms with Crippen LogP contribution >= 0.6 is 18.9 Å². The van der Waals surface area contributed by atoms with Gasteiger partial charge in [0.15, 0.2) is 0 Å². The van der Waals surface area contributed by atoms with Crippen LogP contribution in [-0.4, -0.2) is 37.9 Å². The Balaban J connectivity index is 1.85. The molecule has 6 nitrogen and oxygen atoms in total. The average Bonchev–Trinajstić information content (AvgIpc) is 3.29. The summed E-state index contributed by atoms with van der Waals surface area (Å²) < 4.78 is 27.5. The Kier molecular flexibility index (Phi) is 7.58. The fourth-order valence-electron chi connectivity index (χ4n) is 4.18. The van der Waals surface area contributed by atoms with E-state index in [1.807, 2.05) is 68.4 Å². The molecule has 1 atom stereocenters. The molecule has 1 aliphatic heterocycles. The lowest BCUT2D eigenvalue weighted by atomic mass is 10.0. The van der Waals surface area contributed by atoms with E-state index in [0.29, 0.717) is 30.8 Å². The molecule has 2 aromatic carbocycles. The van der Waals surface area contributed by atoms with Gasteiger partial charge in [-0.2, -0.15) is 0 Å². The molecule has 0 aliphatic carbocycles. The normalized spacial score (nSPS) is 16.2. The van der Waals surface area contributed by atoms with Crippen LogP contribution in [0.5, 0.6) is 0 Å². The minimum absolute atomic E-state index is 0.159. The number of benzene rings is 2. The maximum absolute atomic E-state index is 14.5. The largest absolute Gasteiger partial charge is 0.477 e. The Hall–Kier alpha value is -2.44. The summed E-state index contributed by atoms with van der Waals surface area (Å²) in [7, 11) is -2.15. The van der Waals surface area contributed by atoms with Crippen LogP contribution in [0.4, 0.5) is 5.69 Å². The first-order chi connectivity index (χ1) is 16.3. The molecule has 1 aromatic heterocycles. The number of thiophene rings is 1. The second-order valence-corrected chi connectivity index (χ2v) is 12.1. The van der Waals surface area contributed by atoms with Gasteiger partial charge in [-0.05, 0) is 56.4 Å². The van der Waals surface area contributed by atoms with Crippen molar-refractivity contribution >= 4 is 35.8 Å². The van der Waals surface area contributed by atoms with Crippen LogP contribution in [-0.2, 0) is 13.8 Å². The molecule has 2 heterocycles. The zero-order valence-electron chi connectivity index (χ0n) is 19.7. The van der Waals surface area contributed by atoms with Crippen LogP contribution in [0.1, 0.15) is 33.6 Å². The first-order valence-electron chi connectivity index (χ1n) is 11.3. The van der Waals surface area contributed by atoms with Gasteiger partial charge in [0.05, 0.1) is 11.0 Å². The summed E-state index contributed by atoms with van der Waals surface area (Å²) in [5.41, 5.74) is 3.54. The van der Waals surface area contributed by atoms with Crippen molar-refractivity contribution in [3.05, 3.63) is 70.6 Å². The Bertz CT molecular complexity index is 1180. The molecule has 1 aliphatic rings. The molecule has 1 N–H and O–H groups in total. The number of carboxylic acid groups (broad SMARTS) is 1. The number of carbonyl (C=O) groups is 1. The van der Waals surface area contributed by atoms with E-state index in [-0.39, 0.29) is 10.8 Å². The molecule has 1 fully saturated rings. The van der Waals surface area contributed by atoms with E-state index in [0.717, 1.165) is 34.4 Å². The standard InChI is InChI=1S/C26H30NO5PS/c1-18-4-8-21(9-5-18)24-16-23(25(34-24)26(28)29)27(17-20-12-14-32-15-13-20)33(30,31-3)22-10-6-19(2)7-11-22/h4-11,16,20H,12-15,17H2,1-3H3,(H,28,29). The van der Waals surface area contributed by atoms with Crippen molar-refractivity contribution in [2.45, 2.75) is 26.7 Å². The van der Waals surface area contributed by atoms with Crippen LogP contribution in [0.2, 0.25) is 0 Å². The lowest BCUT2D eigenvalue weighted by Gasteiger charge is -2.36. The number of carboxylic acids is 1. The molecule has 34 heavy (non-hydrogen) atoms. The summed E-state index contributed by atoms with van der Waals surface area (Å²) in [4.78, 5) is 13.3. The van der Waals surface area contributed by atoms with Gasteiger partial charge in [0, 0.05) is 31.7 Å². The highest BCUT2D eigenvalue weighted by Gasteiger charge is 2.38. The Morgan fingerprint density at radius 3 is 2.24 bits per heavy atom.